The van der Waals surface area contributed by atoms with Crippen LogP contribution in [0.25, 0.3) is 0 Å². The fourth-order valence-corrected chi connectivity index (χ4v) is 2.33. The van der Waals surface area contributed by atoms with Crippen LogP contribution in [0.3, 0.4) is 0 Å². The summed E-state index contributed by atoms with van der Waals surface area (Å²) in [5.74, 6) is 0. The summed E-state index contributed by atoms with van der Waals surface area (Å²) in [5, 5.41) is 2.72. The zero-order valence-electron chi connectivity index (χ0n) is 8.82. The Hall–Kier alpha value is -0.650. The van der Waals surface area contributed by atoms with E-state index >= 15 is 0 Å². The van der Waals surface area contributed by atoms with Gasteiger partial charge in [0.25, 0.3) is 0 Å². The summed E-state index contributed by atoms with van der Waals surface area (Å²) < 4.78 is 5.41. The van der Waals surface area contributed by atoms with Crippen LogP contribution < -0.4 is 5.73 Å². The number of hydrogen-bond acceptors (Lipinski definition) is 5. The molecule has 0 aromatic carbocycles. The van der Waals surface area contributed by atoms with Crippen LogP contribution in [0.2, 0.25) is 0 Å². The lowest BCUT2D eigenvalue weighted by Crippen LogP contribution is -2.28. The molecule has 0 saturated carbocycles. The topological polar surface area (TPSA) is 51.4 Å². The van der Waals surface area contributed by atoms with Gasteiger partial charge in [-0.25, -0.2) is 4.98 Å². The first kappa shape index (κ1) is 10.9. The maximum atomic E-state index is 5.59. The summed E-state index contributed by atoms with van der Waals surface area (Å²) in [4.78, 5) is 6.69. The minimum absolute atomic E-state index is 0.671. The van der Waals surface area contributed by atoms with Gasteiger partial charge in [-0.05, 0) is 6.42 Å². The minimum atomic E-state index is 0.671. The highest BCUT2D eigenvalue weighted by Gasteiger charge is 2.09. The predicted octanol–water partition coefficient (Wildman–Crippen LogP) is 0.990. The molecule has 0 radical (unpaired) electrons. The van der Waals surface area contributed by atoms with Gasteiger partial charge in [-0.2, -0.15) is 0 Å². The van der Waals surface area contributed by atoms with E-state index in [1.165, 1.54) is 11.3 Å². The quantitative estimate of drug-likeness (QED) is 0.836. The van der Waals surface area contributed by atoms with Crippen LogP contribution in [0, 0.1) is 0 Å². The lowest BCUT2D eigenvalue weighted by atomic mass is 10.3. The van der Waals surface area contributed by atoms with Crippen molar-refractivity contribution < 1.29 is 4.74 Å². The van der Waals surface area contributed by atoms with Gasteiger partial charge in [-0.1, -0.05) is 0 Å². The number of nitrogens with zero attached hydrogens (tertiary/aromatic N) is 2. The third-order valence-electron chi connectivity index (χ3n) is 2.57. The fraction of sp³-hybridized carbons (Fsp3) is 0.700. The van der Waals surface area contributed by atoms with E-state index in [2.05, 4.69) is 9.88 Å². The Balaban J connectivity index is 1.76. The first-order chi connectivity index (χ1) is 7.34. The van der Waals surface area contributed by atoms with Gasteiger partial charge in [-0.3, -0.25) is 0 Å². The Morgan fingerprint density at radius 2 is 2.40 bits per heavy atom. The number of nitrogens with two attached hydrogens (primary N) is 1. The van der Waals surface area contributed by atoms with Crippen LogP contribution in [0.15, 0.2) is 5.38 Å². The van der Waals surface area contributed by atoms with Gasteiger partial charge in [0.1, 0.15) is 0 Å². The van der Waals surface area contributed by atoms with Crippen molar-refractivity contribution in [3.63, 3.8) is 0 Å². The molecule has 1 aromatic rings. The molecular weight excluding hydrogens is 210 g/mol. The maximum absolute atomic E-state index is 5.59. The molecular formula is C10H17N3OS. The van der Waals surface area contributed by atoms with E-state index in [4.69, 9.17) is 10.5 Å². The Kier molecular flexibility index (Phi) is 3.94. The first-order valence-electron chi connectivity index (χ1n) is 5.34. The number of rotatable bonds is 3. The van der Waals surface area contributed by atoms with Gasteiger partial charge in [0, 0.05) is 38.0 Å². The van der Waals surface area contributed by atoms with Crippen LogP contribution in [0.4, 0.5) is 5.13 Å². The molecule has 0 aliphatic carbocycles. The van der Waals surface area contributed by atoms with Gasteiger partial charge in [0.05, 0.1) is 12.3 Å². The Labute approximate surface area is 94.1 Å². The van der Waals surface area contributed by atoms with Gasteiger partial charge < -0.3 is 15.4 Å². The van der Waals surface area contributed by atoms with E-state index in [0.29, 0.717) is 5.13 Å². The molecule has 4 nitrogen and oxygen atoms in total. The van der Waals surface area contributed by atoms with Crippen molar-refractivity contribution in [1.29, 1.82) is 0 Å². The molecule has 1 saturated heterocycles. The molecule has 1 aliphatic rings. The van der Waals surface area contributed by atoms with Crippen molar-refractivity contribution in [3.05, 3.63) is 11.1 Å². The van der Waals surface area contributed by atoms with Gasteiger partial charge in [0.2, 0.25) is 0 Å². The second-order valence-corrected chi connectivity index (χ2v) is 4.62. The average molecular weight is 227 g/mol. The van der Waals surface area contributed by atoms with E-state index in [1.807, 2.05) is 5.38 Å². The Bertz CT molecular complexity index is 295. The number of ether oxygens (including phenoxy) is 1. The lowest BCUT2D eigenvalue weighted by molar-refractivity contribution is 0.141. The number of thiazole rings is 1. The van der Waals surface area contributed by atoms with Crippen LogP contribution in [-0.4, -0.2) is 42.7 Å². The van der Waals surface area contributed by atoms with Gasteiger partial charge >= 0.3 is 0 Å². The summed E-state index contributed by atoms with van der Waals surface area (Å²) in [5.41, 5.74) is 6.70. The van der Waals surface area contributed by atoms with Crippen LogP contribution in [0.5, 0.6) is 0 Å². The molecule has 1 aliphatic heterocycles. The maximum Gasteiger partial charge on any atom is 0.180 e. The first-order valence-corrected chi connectivity index (χ1v) is 6.22. The summed E-state index contributed by atoms with van der Waals surface area (Å²) in [6, 6.07) is 0. The molecule has 84 valence electrons. The molecule has 0 spiro atoms. The van der Waals surface area contributed by atoms with Crippen molar-refractivity contribution in [2.24, 2.45) is 0 Å². The van der Waals surface area contributed by atoms with Crippen LogP contribution in [-0.2, 0) is 11.2 Å². The van der Waals surface area contributed by atoms with E-state index in [9.17, 15) is 0 Å². The smallest absolute Gasteiger partial charge is 0.180 e. The Morgan fingerprint density at radius 1 is 1.47 bits per heavy atom. The van der Waals surface area contributed by atoms with E-state index in [-0.39, 0.29) is 0 Å². The molecule has 15 heavy (non-hydrogen) atoms. The molecule has 2 N–H and O–H groups in total. The minimum Gasteiger partial charge on any atom is -0.380 e. The van der Waals surface area contributed by atoms with Crippen LogP contribution >= 0.6 is 11.3 Å². The van der Waals surface area contributed by atoms with Crippen molar-refractivity contribution in [2.75, 3.05) is 38.6 Å². The number of anilines is 1. The summed E-state index contributed by atoms with van der Waals surface area (Å²) in [7, 11) is 0. The monoisotopic (exact) mass is 227 g/mol. The third-order valence-corrected chi connectivity index (χ3v) is 3.29. The number of nitrogen functional groups attached to an aromatic ring is 1. The molecule has 2 rings (SSSR count). The highest BCUT2D eigenvalue weighted by atomic mass is 32.1. The molecule has 0 amide bonds. The molecule has 1 aromatic heterocycles. The summed E-state index contributed by atoms with van der Waals surface area (Å²) in [6.45, 7) is 5.01. The number of hydrogen-bond donors (Lipinski definition) is 1. The number of aromatic nitrogens is 1. The highest BCUT2D eigenvalue weighted by molar-refractivity contribution is 7.13. The molecule has 0 unspecified atom stereocenters. The van der Waals surface area contributed by atoms with Crippen molar-refractivity contribution in [2.45, 2.75) is 12.8 Å². The van der Waals surface area contributed by atoms with Crippen molar-refractivity contribution in [1.82, 2.24) is 9.88 Å². The molecule has 0 atom stereocenters. The molecule has 5 heteroatoms. The molecule has 1 fully saturated rings. The largest absolute Gasteiger partial charge is 0.380 e. The molecule has 2 heterocycles. The van der Waals surface area contributed by atoms with Gasteiger partial charge in [-0.15, -0.1) is 11.3 Å². The Morgan fingerprint density at radius 3 is 3.20 bits per heavy atom. The van der Waals surface area contributed by atoms with Crippen molar-refractivity contribution in [3.8, 4) is 0 Å². The standard InChI is InChI=1S/C10H17N3OS/c11-10-12-9(8-15-10)2-4-13-3-1-6-14-7-5-13/h8H,1-7H2,(H2,11,12). The zero-order chi connectivity index (χ0) is 10.5. The predicted molar refractivity (Wildman–Crippen MR) is 62.1 cm³/mol. The fourth-order valence-electron chi connectivity index (χ4n) is 1.73. The second kappa shape index (κ2) is 5.44. The van der Waals surface area contributed by atoms with E-state index in [0.717, 1.165) is 51.4 Å². The van der Waals surface area contributed by atoms with Gasteiger partial charge in [0.15, 0.2) is 5.13 Å². The summed E-state index contributed by atoms with van der Waals surface area (Å²) >= 11 is 1.52. The summed E-state index contributed by atoms with van der Waals surface area (Å²) in [6.07, 6.45) is 2.13. The van der Waals surface area contributed by atoms with Crippen molar-refractivity contribution >= 4 is 16.5 Å². The SMILES string of the molecule is Nc1nc(CCN2CCCOCC2)cs1. The van der Waals surface area contributed by atoms with E-state index < -0.39 is 0 Å². The second-order valence-electron chi connectivity index (χ2n) is 3.73. The normalized spacial score (nSPS) is 18.9. The molecule has 0 bridgehead atoms. The zero-order valence-corrected chi connectivity index (χ0v) is 9.63. The lowest BCUT2D eigenvalue weighted by Gasteiger charge is -2.17. The van der Waals surface area contributed by atoms with E-state index in [1.54, 1.807) is 0 Å². The van der Waals surface area contributed by atoms with Crippen LogP contribution in [0.1, 0.15) is 12.1 Å². The third kappa shape index (κ3) is 3.44. The average Bonchev–Trinajstić information content (AvgIpc) is 2.52. The highest BCUT2D eigenvalue weighted by Crippen LogP contribution is 2.12.